The molecule has 12 heavy (non-hydrogen) atoms. The van der Waals surface area contributed by atoms with E-state index >= 15 is 0 Å². The molecule has 0 radical (unpaired) electrons. The van der Waals surface area contributed by atoms with Gasteiger partial charge >= 0.3 is 0 Å². The van der Waals surface area contributed by atoms with Crippen LogP contribution in [0, 0.1) is 11.8 Å². The van der Waals surface area contributed by atoms with E-state index in [-0.39, 0.29) is 0 Å². The molecule has 1 aliphatic heterocycles. The Kier molecular flexibility index (Phi) is 2.35. The van der Waals surface area contributed by atoms with Crippen LogP contribution in [0.1, 0.15) is 19.8 Å². The van der Waals surface area contributed by atoms with Crippen LogP contribution in [-0.2, 0) is 0 Å². The van der Waals surface area contributed by atoms with Gasteiger partial charge in [-0.05, 0) is 30.9 Å². The third-order valence-corrected chi connectivity index (χ3v) is 3.07. The zero-order valence-corrected chi connectivity index (χ0v) is 7.72. The van der Waals surface area contributed by atoms with Crippen LogP contribution in [0.5, 0.6) is 0 Å². The number of hydrogen-bond donors (Lipinski definition) is 2. The van der Waals surface area contributed by atoms with Crippen LogP contribution < -0.4 is 10.6 Å². The van der Waals surface area contributed by atoms with Gasteiger partial charge in [0.15, 0.2) is 0 Å². The van der Waals surface area contributed by atoms with Crippen LogP contribution in [0.15, 0.2) is 12.3 Å². The Hall–Kier alpha value is -0.500. The second-order valence-electron chi connectivity index (χ2n) is 4.02. The predicted octanol–water partition coefficient (Wildman–Crippen LogP) is 1.11. The van der Waals surface area contributed by atoms with Crippen LogP contribution in [0.2, 0.25) is 0 Å². The SMILES string of the molecule is CC(C1CC1)C1CNC=CCN1. The Bertz CT molecular complexity index is 163. The van der Waals surface area contributed by atoms with Gasteiger partial charge < -0.3 is 10.6 Å². The highest BCUT2D eigenvalue weighted by atomic mass is 15.0. The van der Waals surface area contributed by atoms with E-state index < -0.39 is 0 Å². The molecule has 2 atom stereocenters. The highest BCUT2D eigenvalue weighted by molar-refractivity contribution is 4.94. The van der Waals surface area contributed by atoms with Crippen LogP contribution in [0.25, 0.3) is 0 Å². The maximum Gasteiger partial charge on any atom is 0.0298 e. The molecule has 2 rings (SSSR count). The normalized spacial score (nSPS) is 32.2. The lowest BCUT2D eigenvalue weighted by Crippen LogP contribution is -2.41. The fourth-order valence-corrected chi connectivity index (χ4v) is 1.95. The molecule has 0 saturated heterocycles. The maximum absolute atomic E-state index is 3.55. The van der Waals surface area contributed by atoms with Gasteiger partial charge in [-0.15, -0.1) is 0 Å². The van der Waals surface area contributed by atoms with Crippen molar-refractivity contribution < 1.29 is 0 Å². The Morgan fingerprint density at radius 1 is 1.42 bits per heavy atom. The van der Waals surface area contributed by atoms with E-state index in [9.17, 15) is 0 Å². The lowest BCUT2D eigenvalue weighted by Gasteiger charge is -2.23. The molecule has 2 N–H and O–H groups in total. The van der Waals surface area contributed by atoms with E-state index in [1.165, 1.54) is 12.8 Å². The van der Waals surface area contributed by atoms with Gasteiger partial charge in [0, 0.05) is 19.1 Å². The van der Waals surface area contributed by atoms with Gasteiger partial charge in [0.1, 0.15) is 0 Å². The van der Waals surface area contributed by atoms with Gasteiger partial charge in [-0.2, -0.15) is 0 Å². The first kappa shape index (κ1) is 8.11. The quantitative estimate of drug-likeness (QED) is 0.642. The van der Waals surface area contributed by atoms with Crippen molar-refractivity contribution in [3.63, 3.8) is 0 Å². The molecule has 2 heteroatoms. The first-order chi connectivity index (χ1) is 5.88. The minimum atomic E-state index is 0.674. The van der Waals surface area contributed by atoms with Crippen molar-refractivity contribution in [2.45, 2.75) is 25.8 Å². The minimum Gasteiger partial charge on any atom is -0.390 e. The molecule has 68 valence electrons. The van der Waals surface area contributed by atoms with E-state index in [0.717, 1.165) is 24.9 Å². The number of rotatable bonds is 2. The molecular formula is C10H18N2. The molecule has 0 aromatic rings. The van der Waals surface area contributed by atoms with Gasteiger partial charge in [0.05, 0.1) is 0 Å². The van der Waals surface area contributed by atoms with Crippen LogP contribution >= 0.6 is 0 Å². The second-order valence-corrected chi connectivity index (χ2v) is 4.02. The molecule has 1 saturated carbocycles. The number of hydrogen-bond acceptors (Lipinski definition) is 2. The van der Waals surface area contributed by atoms with E-state index in [2.05, 4.69) is 29.8 Å². The van der Waals surface area contributed by atoms with Crippen LogP contribution in [-0.4, -0.2) is 19.1 Å². The molecule has 2 nitrogen and oxygen atoms in total. The largest absolute Gasteiger partial charge is 0.390 e. The van der Waals surface area contributed by atoms with Crippen LogP contribution in [0.3, 0.4) is 0 Å². The average molecular weight is 166 g/mol. The van der Waals surface area contributed by atoms with Crippen molar-refractivity contribution in [2.75, 3.05) is 13.1 Å². The summed E-state index contributed by atoms with van der Waals surface area (Å²) in [5.41, 5.74) is 0. The third-order valence-electron chi connectivity index (χ3n) is 3.07. The van der Waals surface area contributed by atoms with Crippen molar-refractivity contribution in [1.82, 2.24) is 10.6 Å². The fourth-order valence-electron chi connectivity index (χ4n) is 1.95. The van der Waals surface area contributed by atoms with Crippen molar-refractivity contribution in [3.8, 4) is 0 Å². The summed E-state index contributed by atoms with van der Waals surface area (Å²) in [7, 11) is 0. The average Bonchev–Trinajstić information content (AvgIpc) is 2.92. The molecule has 0 amide bonds. The smallest absolute Gasteiger partial charge is 0.0298 e. The van der Waals surface area contributed by atoms with Gasteiger partial charge in [-0.25, -0.2) is 0 Å². The third kappa shape index (κ3) is 1.81. The lowest BCUT2D eigenvalue weighted by atomic mass is 9.97. The molecule has 2 unspecified atom stereocenters. The van der Waals surface area contributed by atoms with Gasteiger partial charge in [-0.3, -0.25) is 0 Å². The van der Waals surface area contributed by atoms with E-state index in [4.69, 9.17) is 0 Å². The topological polar surface area (TPSA) is 24.1 Å². The standard InChI is InChI=1S/C10H18N2/c1-8(9-3-4-9)10-7-11-5-2-6-12-10/h2,5,8-12H,3-4,6-7H2,1H3. The molecular weight excluding hydrogens is 148 g/mol. The molecule has 1 heterocycles. The van der Waals surface area contributed by atoms with Gasteiger partial charge in [-0.1, -0.05) is 13.0 Å². The van der Waals surface area contributed by atoms with Crippen molar-refractivity contribution in [2.24, 2.45) is 11.8 Å². The number of nitrogens with one attached hydrogen (secondary N) is 2. The molecule has 1 aliphatic carbocycles. The summed E-state index contributed by atoms with van der Waals surface area (Å²) in [5, 5.41) is 6.87. The summed E-state index contributed by atoms with van der Waals surface area (Å²) in [6.07, 6.45) is 7.12. The summed E-state index contributed by atoms with van der Waals surface area (Å²) < 4.78 is 0. The van der Waals surface area contributed by atoms with Crippen molar-refractivity contribution >= 4 is 0 Å². The summed E-state index contributed by atoms with van der Waals surface area (Å²) in [6.45, 7) is 4.49. The fraction of sp³-hybridized carbons (Fsp3) is 0.800. The molecule has 2 aliphatic rings. The Balaban J connectivity index is 1.85. The van der Waals surface area contributed by atoms with E-state index in [0.29, 0.717) is 6.04 Å². The Labute approximate surface area is 74.4 Å². The summed E-state index contributed by atoms with van der Waals surface area (Å²) in [4.78, 5) is 0. The summed E-state index contributed by atoms with van der Waals surface area (Å²) in [6, 6.07) is 0.674. The molecule has 0 bridgehead atoms. The molecule has 0 aromatic carbocycles. The summed E-state index contributed by atoms with van der Waals surface area (Å²) >= 11 is 0. The zero-order chi connectivity index (χ0) is 8.39. The first-order valence-electron chi connectivity index (χ1n) is 4.99. The Morgan fingerprint density at radius 3 is 3.00 bits per heavy atom. The minimum absolute atomic E-state index is 0.674. The Morgan fingerprint density at radius 2 is 2.25 bits per heavy atom. The second kappa shape index (κ2) is 3.48. The van der Waals surface area contributed by atoms with Gasteiger partial charge in [0.2, 0.25) is 0 Å². The van der Waals surface area contributed by atoms with E-state index in [1.54, 1.807) is 0 Å². The van der Waals surface area contributed by atoms with Crippen molar-refractivity contribution in [1.29, 1.82) is 0 Å². The highest BCUT2D eigenvalue weighted by Gasteiger charge is 2.32. The summed E-state index contributed by atoms with van der Waals surface area (Å²) in [5.74, 6) is 1.85. The zero-order valence-electron chi connectivity index (χ0n) is 7.72. The monoisotopic (exact) mass is 166 g/mol. The lowest BCUT2D eigenvalue weighted by molar-refractivity contribution is 0.351. The molecule has 0 spiro atoms. The van der Waals surface area contributed by atoms with Gasteiger partial charge in [0.25, 0.3) is 0 Å². The predicted molar refractivity (Wildman–Crippen MR) is 50.8 cm³/mol. The highest BCUT2D eigenvalue weighted by Crippen LogP contribution is 2.38. The van der Waals surface area contributed by atoms with Crippen LogP contribution in [0.4, 0.5) is 0 Å². The van der Waals surface area contributed by atoms with Crippen molar-refractivity contribution in [3.05, 3.63) is 12.3 Å². The molecule has 0 aromatic heterocycles. The molecule has 1 fully saturated rings. The van der Waals surface area contributed by atoms with E-state index in [1.807, 2.05) is 0 Å². The maximum atomic E-state index is 3.55. The first-order valence-corrected chi connectivity index (χ1v) is 4.99.